The molecule has 3 rings (SSSR count). The Kier molecular flexibility index (Phi) is 5.25. The van der Waals surface area contributed by atoms with Crippen molar-refractivity contribution < 1.29 is 0 Å². The molecule has 0 radical (unpaired) electrons. The van der Waals surface area contributed by atoms with Gasteiger partial charge in [-0.15, -0.1) is 0 Å². The first-order chi connectivity index (χ1) is 10.9. The van der Waals surface area contributed by atoms with Crippen molar-refractivity contribution in [2.24, 2.45) is 11.7 Å². The maximum absolute atomic E-state index is 6.08. The van der Waals surface area contributed by atoms with Crippen molar-refractivity contribution in [1.82, 2.24) is 4.90 Å². The van der Waals surface area contributed by atoms with E-state index in [2.05, 4.69) is 65.6 Å². The molecule has 0 spiro atoms. The molecule has 1 fully saturated rings. The highest BCUT2D eigenvalue weighted by Crippen LogP contribution is 2.32. The number of hydrogen-bond donors (Lipinski definition) is 1. The SMILES string of the molecule is NCC(c1ccccc1)C1CCN(Cc2ccccc2)CC1. The molecule has 22 heavy (non-hydrogen) atoms. The third kappa shape index (κ3) is 3.76. The van der Waals surface area contributed by atoms with E-state index < -0.39 is 0 Å². The first-order valence-corrected chi connectivity index (χ1v) is 8.38. The monoisotopic (exact) mass is 294 g/mol. The molecule has 2 heteroatoms. The van der Waals surface area contributed by atoms with Gasteiger partial charge in [0.2, 0.25) is 0 Å². The van der Waals surface area contributed by atoms with Gasteiger partial charge in [-0.1, -0.05) is 60.7 Å². The molecule has 0 saturated carbocycles. The van der Waals surface area contributed by atoms with Gasteiger partial charge in [0.1, 0.15) is 0 Å². The van der Waals surface area contributed by atoms with Crippen molar-refractivity contribution in [3.05, 3.63) is 71.8 Å². The first-order valence-electron chi connectivity index (χ1n) is 8.38. The van der Waals surface area contributed by atoms with E-state index in [1.807, 2.05) is 0 Å². The van der Waals surface area contributed by atoms with Crippen LogP contribution in [0.2, 0.25) is 0 Å². The summed E-state index contributed by atoms with van der Waals surface area (Å²) in [6, 6.07) is 21.6. The van der Waals surface area contributed by atoms with E-state index in [1.54, 1.807) is 0 Å². The fourth-order valence-corrected chi connectivity index (χ4v) is 3.66. The molecule has 2 N–H and O–H groups in total. The fraction of sp³-hybridized carbons (Fsp3) is 0.400. The Balaban J connectivity index is 1.57. The van der Waals surface area contributed by atoms with Gasteiger partial charge in [-0.05, 0) is 55.4 Å². The lowest BCUT2D eigenvalue weighted by Gasteiger charge is -2.36. The van der Waals surface area contributed by atoms with Crippen molar-refractivity contribution in [3.63, 3.8) is 0 Å². The summed E-state index contributed by atoms with van der Waals surface area (Å²) in [6.07, 6.45) is 2.51. The molecule has 1 heterocycles. The second-order valence-electron chi connectivity index (χ2n) is 6.35. The zero-order chi connectivity index (χ0) is 15.2. The van der Waals surface area contributed by atoms with E-state index in [4.69, 9.17) is 5.73 Å². The predicted molar refractivity (Wildman–Crippen MR) is 92.7 cm³/mol. The van der Waals surface area contributed by atoms with Gasteiger partial charge in [-0.25, -0.2) is 0 Å². The number of piperidine rings is 1. The van der Waals surface area contributed by atoms with Gasteiger partial charge in [0, 0.05) is 6.54 Å². The molecular formula is C20H26N2. The second-order valence-corrected chi connectivity index (χ2v) is 6.35. The number of benzene rings is 2. The third-order valence-corrected chi connectivity index (χ3v) is 4.93. The maximum Gasteiger partial charge on any atom is 0.0233 e. The first kappa shape index (κ1) is 15.3. The Morgan fingerprint density at radius 3 is 2.09 bits per heavy atom. The Bertz CT molecular complexity index is 544. The van der Waals surface area contributed by atoms with Crippen LogP contribution in [-0.4, -0.2) is 24.5 Å². The van der Waals surface area contributed by atoms with E-state index >= 15 is 0 Å². The van der Waals surface area contributed by atoms with Crippen LogP contribution in [0.4, 0.5) is 0 Å². The highest BCUT2D eigenvalue weighted by atomic mass is 15.1. The van der Waals surface area contributed by atoms with E-state index in [-0.39, 0.29) is 0 Å². The van der Waals surface area contributed by atoms with Gasteiger partial charge < -0.3 is 5.73 Å². The number of likely N-dealkylation sites (tertiary alicyclic amines) is 1. The molecule has 0 amide bonds. The van der Waals surface area contributed by atoms with Crippen molar-refractivity contribution >= 4 is 0 Å². The number of rotatable bonds is 5. The standard InChI is InChI=1S/C20H26N2/c21-15-20(18-9-5-2-6-10-18)19-11-13-22(14-12-19)16-17-7-3-1-4-8-17/h1-10,19-20H,11-16,21H2. The zero-order valence-electron chi connectivity index (χ0n) is 13.2. The van der Waals surface area contributed by atoms with Gasteiger partial charge >= 0.3 is 0 Å². The molecule has 1 aliphatic rings. The highest BCUT2D eigenvalue weighted by Gasteiger charge is 2.26. The van der Waals surface area contributed by atoms with Gasteiger partial charge in [0.15, 0.2) is 0 Å². The van der Waals surface area contributed by atoms with Gasteiger partial charge in [-0.2, -0.15) is 0 Å². The third-order valence-electron chi connectivity index (χ3n) is 4.93. The van der Waals surface area contributed by atoms with Crippen molar-refractivity contribution in [2.75, 3.05) is 19.6 Å². The van der Waals surface area contributed by atoms with Crippen LogP contribution in [0.5, 0.6) is 0 Å². The minimum Gasteiger partial charge on any atom is -0.330 e. The summed E-state index contributed by atoms with van der Waals surface area (Å²) in [7, 11) is 0. The molecule has 1 saturated heterocycles. The Morgan fingerprint density at radius 2 is 1.50 bits per heavy atom. The number of hydrogen-bond acceptors (Lipinski definition) is 2. The highest BCUT2D eigenvalue weighted by molar-refractivity contribution is 5.21. The normalized spacial score (nSPS) is 18.2. The van der Waals surface area contributed by atoms with Crippen molar-refractivity contribution in [2.45, 2.75) is 25.3 Å². The van der Waals surface area contributed by atoms with Gasteiger partial charge in [0.25, 0.3) is 0 Å². The molecule has 1 aliphatic heterocycles. The molecule has 2 nitrogen and oxygen atoms in total. The summed E-state index contributed by atoms with van der Waals surface area (Å²) < 4.78 is 0. The summed E-state index contributed by atoms with van der Waals surface area (Å²) in [4.78, 5) is 2.57. The van der Waals surface area contributed by atoms with Crippen LogP contribution < -0.4 is 5.73 Å². The van der Waals surface area contributed by atoms with E-state index in [1.165, 1.54) is 37.1 Å². The smallest absolute Gasteiger partial charge is 0.0233 e. The van der Waals surface area contributed by atoms with Crippen LogP contribution in [0, 0.1) is 5.92 Å². The predicted octanol–water partition coefficient (Wildman–Crippen LogP) is 3.64. The lowest BCUT2D eigenvalue weighted by atomic mass is 9.80. The van der Waals surface area contributed by atoms with Crippen LogP contribution in [0.3, 0.4) is 0 Å². The largest absolute Gasteiger partial charge is 0.330 e. The fourth-order valence-electron chi connectivity index (χ4n) is 3.66. The van der Waals surface area contributed by atoms with Crippen molar-refractivity contribution in [1.29, 1.82) is 0 Å². The summed E-state index contributed by atoms with van der Waals surface area (Å²) in [5.41, 5.74) is 8.91. The molecule has 0 aliphatic carbocycles. The van der Waals surface area contributed by atoms with Crippen LogP contribution in [0.25, 0.3) is 0 Å². The van der Waals surface area contributed by atoms with E-state index in [0.717, 1.165) is 19.0 Å². The van der Waals surface area contributed by atoms with Crippen LogP contribution >= 0.6 is 0 Å². The number of nitrogens with zero attached hydrogens (tertiary/aromatic N) is 1. The average Bonchev–Trinajstić information content (AvgIpc) is 2.59. The summed E-state index contributed by atoms with van der Waals surface area (Å²) in [6.45, 7) is 4.20. The summed E-state index contributed by atoms with van der Waals surface area (Å²) >= 11 is 0. The Morgan fingerprint density at radius 1 is 0.909 bits per heavy atom. The van der Waals surface area contributed by atoms with Crippen molar-refractivity contribution in [3.8, 4) is 0 Å². The maximum atomic E-state index is 6.08. The molecule has 2 aromatic carbocycles. The van der Waals surface area contributed by atoms with E-state index in [9.17, 15) is 0 Å². The average molecular weight is 294 g/mol. The van der Waals surface area contributed by atoms with Gasteiger partial charge in [0.05, 0.1) is 0 Å². The molecule has 0 bridgehead atoms. The lowest BCUT2D eigenvalue weighted by Crippen LogP contribution is -2.36. The Hall–Kier alpha value is -1.64. The van der Waals surface area contributed by atoms with Crippen LogP contribution in [0.1, 0.15) is 29.9 Å². The Labute approximate surface area is 134 Å². The number of nitrogens with two attached hydrogens (primary N) is 1. The van der Waals surface area contributed by atoms with Crippen LogP contribution in [-0.2, 0) is 6.54 Å². The lowest BCUT2D eigenvalue weighted by molar-refractivity contribution is 0.163. The summed E-state index contributed by atoms with van der Waals surface area (Å²) in [5.74, 6) is 1.24. The molecular weight excluding hydrogens is 268 g/mol. The zero-order valence-corrected chi connectivity index (χ0v) is 13.2. The van der Waals surface area contributed by atoms with Crippen LogP contribution in [0.15, 0.2) is 60.7 Å². The second kappa shape index (κ2) is 7.57. The molecule has 1 atom stereocenters. The molecule has 1 unspecified atom stereocenters. The molecule has 0 aromatic heterocycles. The molecule has 2 aromatic rings. The topological polar surface area (TPSA) is 29.3 Å². The minimum absolute atomic E-state index is 0.514. The quantitative estimate of drug-likeness (QED) is 0.912. The van der Waals surface area contributed by atoms with E-state index in [0.29, 0.717) is 5.92 Å². The summed E-state index contributed by atoms with van der Waals surface area (Å²) in [5, 5.41) is 0. The van der Waals surface area contributed by atoms with Gasteiger partial charge in [-0.3, -0.25) is 4.90 Å². The molecule has 116 valence electrons. The minimum atomic E-state index is 0.514.